The molecule has 1 amide bonds. The first-order chi connectivity index (χ1) is 13.7. The molecule has 4 rings (SSSR count). The van der Waals surface area contributed by atoms with Gasteiger partial charge in [-0.3, -0.25) is 4.79 Å². The molecule has 0 bridgehead atoms. The largest absolute Gasteiger partial charge is 0.495 e. The summed E-state index contributed by atoms with van der Waals surface area (Å²) in [5.41, 5.74) is 3.22. The Morgan fingerprint density at radius 2 is 1.79 bits per heavy atom. The summed E-state index contributed by atoms with van der Waals surface area (Å²) in [4.78, 5) is 15.1. The molecular formula is C22H23N3O3. The van der Waals surface area contributed by atoms with Crippen molar-refractivity contribution in [1.29, 1.82) is 0 Å². The van der Waals surface area contributed by atoms with E-state index in [1.165, 1.54) is 0 Å². The zero-order chi connectivity index (χ0) is 19.3. The van der Waals surface area contributed by atoms with Crippen molar-refractivity contribution < 1.29 is 14.3 Å². The molecule has 0 aliphatic carbocycles. The zero-order valence-corrected chi connectivity index (χ0v) is 15.8. The van der Waals surface area contributed by atoms with Gasteiger partial charge in [-0.1, -0.05) is 6.07 Å². The van der Waals surface area contributed by atoms with Gasteiger partial charge in [0.25, 0.3) is 5.91 Å². The number of hydrogen-bond acceptors (Lipinski definition) is 4. The minimum atomic E-state index is -0.175. The molecule has 0 radical (unpaired) electrons. The fourth-order valence-electron chi connectivity index (χ4n) is 3.32. The number of amides is 1. The SMILES string of the molecule is COc1ccc(N2CCOCC2)cc1NC(=O)c1cccc(-n2cccc2)c1. The molecule has 1 saturated heterocycles. The van der Waals surface area contributed by atoms with Crippen LogP contribution in [-0.4, -0.2) is 43.9 Å². The van der Waals surface area contributed by atoms with E-state index in [2.05, 4.69) is 10.2 Å². The van der Waals surface area contributed by atoms with Crippen molar-refractivity contribution in [3.63, 3.8) is 0 Å². The second-order valence-electron chi connectivity index (χ2n) is 6.58. The lowest BCUT2D eigenvalue weighted by molar-refractivity contribution is 0.102. The maximum atomic E-state index is 12.9. The quantitative estimate of drug-likeness (QED) is 0.739. The van der Waals surface area contributed by atoms with Crippen molar-refractivity contribution >= 4 is 17.3 Å². The van der Waals surface area contributed by atoms with E-state index in [1.54, 1.807) is 13.2 Å². The number of aromatic nitrogens is 1. The van der Waals surface area contributed by atoms with Crippen LogP contribution in [0.25, 0.3) is 5.69 Å². The molecule has 2 heterocycles. The Morgan fingerprint density at radius 1 is 1.00 bits per heavy atom. The van der Waals surface area contributed by atoms with Gasteiger partial charge in [-0.25, -0.2) is 0 Å². The van der Waals surface area contributed by atoms with E-state index in [0.29, 0.717) is 30.2 Å². The van der Waals surface area contributed by atoms with E-state index in [0.717, 1.165) is 24.5 Å². The lowest BCUT2D eigenvalue weighted by Crippen LogP contribution is -2.36. The topological polar surface area (TPSA) is 55.7 Å². The van der Waals surface area contributed by atoms with Crippen molar-refractivity contribution in [2.75, 3.05) is 43.6 Å². The number of rotatable bonds is 5. The normalized spacial score (nSPS) is 14.0. The average molecular weight is 377 g/mol. The van der Waals surface area contributed by atoms with Crippen molar-refractivity contribution in [2.24, 2.45) is 0 Å². The van der Waals surface area contributed by atoms with Gasteiger partial charge in [-0.05, 0) is 48.5 Å². The summed E-state index contributed by atoms with van der Waals surface area (Å²) in [6, 6.07) is 17.3. The summed E-state index contributed by atoms with van der Waals surface area (Å²) in [5, 5.41) is 3.00. The van der Waals surface area contributed by atoms with Crippen molar-refractivity contribution in [1.82, 2.24) is 4.57 Å². The van der Waals surface area contributed by atoms with Crippen LogP contribution in [0.3, 0.4) is 0 Å². The number of benzene rings is 2. The number of morpholine rings is 1. The van der Waals surface area contributed by atoms with Crippen LogP contribution in [0.2, 0.25) is 0 Å². The number of ether oxygens (including phenoxy) is 2. The molecule has 0 atom stereocenters. The Labute approximate surface area is 164 Å². The maximum absolute atomic E-state index is 12.9. The third-order valence-corrected chi connectivity index (χ3v) is 4.82. The zero-order valence-electron chi connectivity index (χ0n) is 15.8. The van der Waals surface area contributed by atoms with Crippen molar-refractivity contribution in [2.45, 2.75) is 0 Å². The van der Waals surface area contributed by atoms with Crippen LogP contribution in [0.4, 0.5) is 11.4 Å². The first kappa shape index (κ1) is 18.1. The molecule has 2 aromatic carbocycles. The summed E-state index contributed by atoms with van der Waals surface area (Å²) >= 11 is 0. The first-order valence-corrected chi connectivity index (χ1v) is 9.30. The number of nitrogens with one attached hydrogen (secondary N) is 1. The highest BCUT2D eigenvalue weighted by molar-refractivity contribution is 6.05. The van der Waals surface area contributed by atoms with Crippen molar-refractivity contribution in [3.8, 4) is 11.4 Å². The minimum Gasteiger partial charge on any atom is -0.495 e. The third kappa shape index (κ3) is 3.87. The predicted octanol–water partition coefficient (Wildman–Crippen LogP) is 3.57. The molecule has 0 saturated carbocycles. The number of carbonyl (C=O) groups excluding carboxylic acids is 1. The van der Waals surface area contributed by atoms with E-state index in [1.807, 2.05) is 65.5 Å². The Hall–Kier alpha value is -3.25. The molecule has 1 N–H and O–H groups in total. The number of nitrogens with zero attached hydrogens (tertiary/aromatic N) is 2. The van der Waals surface area contributed by atoms with Crippen LogP contribution < -0.4 is 15.0 Å². The summed E-state index contributed by atoms with van der Waals surface area (Å²) in [5.74, 6) is 0.457. The van der Waals surface area contributed by atoms with Gasteiger partial charge in [0.1, 0.15) is 5.75 Å². The van der Waals surface area contributed by atoms with E-state index in [-0.39, 0.29) is 5.91 Å². The first-order valence-electron chi connectivity index (χ1n) is 9.30. The van der Waals surface area contributed by atoms with Gasteiger partial charge in [-0.15, -0.1) is 0 Å². The molecule has 0 unspecified atom stereocenters. The molecule has 6 heteroatoms. The number of anilines is 2. The van der Waals surface area contributed by atoms with Gasteiger partial charge in [0, 0.05) is 42.4 Å². The Morgan fingerprint density at radius 3 is 2.54 bits per heavy atom. The average Bonchev–Trinajstić information content (AvgIpc) is 3.29. The Balaban J connectivity index is 1.57. The van der Waals surface area contributed by atoms with Crippen LogP contribution in [0.15, 0.2) is 67.0 Å². The lowest BCUT2D eigenvalue weighted by Gasteiger charge is -2.29. The molecule has 3 aromatic rings. The molecule has 144 valence electrons. The summed E-state index contributed by atoms with van der Waals surface area (Å²) in [7, 11) is 1.60. The summed E-state index contributed by atoms with van der Waals surface area (Å²) in [6.07, 6.45) is 3.90. The van der Waals surface area contributed by atoms with Gasteiger partial charge < -0.3 is 24.3 Å². The lowest BCUT2D eigenvalue weighted by atomic mass is 10.1. The molecular weight excluding hydrogens is 354 g/mol. The molecule has 1 aliphatic rings. The fourth-order valence-corrected chi connectivity index (χ4v) is 3.32. The number of hydrogen-bond donors (Lipinski definition) is 1. The van der Waals surface area contributed by atoms with E-state index in [4.69, 9.17) is 9.47 Å². The fraction of sp³-hybridized carbons (Fsp3) is 0.227. The van der Waals surface area contributed by atoms with Crippen LogP contribution in [0, 0.1) is 0 Å². The molecule has 1 aliphatic heterocycles. The second-order valence-corrected chi connectivity index (χ2v) is 6.58. The predicted molar refractivity (Wildman–Crippen MR) is 110 cm³/mol. The smallest absolute Gasteiger partial charge is 0.255 e. The van der Waals surface area contributed by atoms with Gasteiger partial charge in [-0.2, -0.15) is 0 Å². The van der Waals surface area contributed by atoms with Gasteiger partial charge in [0.05, 0.1) is 26.0 Å². The van der Waals surface area contributed by atoms with E-state index in [9.17, 15) is 4.79 Å². The van der Waals surface area contributed by atoms with Gasteiger partial charge in [0.15, 0.2) is 0 Å². The Kier molecular flexibility index (Phi) is 5.30. The van der Waals surface area contributed by atoms with Crippen LogP contribution in [0.1, 0.15) is 10.4 Å². The maximum Gasteiger partial charge on any atom is 0.255 e. The van der Waals surface area contributed by atoms with Gasteiger partial charge in [0.2, 0.25) is 0 Å². The minimum absolute atomic E-state index is 0.175. The van der Waals surface area contributed by atoms with Crippen LogP contribution in [0.5, 0.6) is 5.75 Å². The van der Waals surface area contributed by atoms with Crippen LogP contribution >= 0.6 is 0 Å². The molecule has 1 aromatic heterocycles. The third-order valence-electron chi connectivity index (χ3n) is 4.82. The number of methoxy groups -OCH3 is 1. The highest BCUT2D eigenvalue weighted by Gasteiger charge is 2.16. The van der Waals surface area contributed by atoms with Crippen molar-refractivity contribution in [3.05, 3.63) is 72.6 Å². The molecule has 6 nitrogen and oxygen atoms in total. The highest BCUT2D eigenvalue weighted by atomic mass is 16.5. The summed E-state index contributed by atoms with van der Waals surface area (Å²) in [6.45, 7) is 3.08. The van der Waals surface area contributed by atoms with Crippen LogP contribution in [-0.2, 0) is 4.74 Å². The standard InChI is InChI=1S/C22H23N3O3/c1-27-21-8-7-19(25-11-13-28-14-12-25)16-20(21)23-22(26)17-5-4-6-18(15-17)24-9-2-3-10-24/h2-10,15-16H,11-14H2,1H3,(H,23,26). The number of carbonyl (C=O) groups is 1. The Bertz CT molecular complexity index is 947. The summed E-state index contributed by atoms with van der Waals surface area (Å²) < 4.78 is 12.8. The van der Waals surface area contributed by atoms with E-state index >= 15 is 0 Å². The molecule has 0 spiro atoms. The van der Waals surface area contributed by atoms with E-state index < -0.39 is 0 Å². The molecule has 1 fully saturated rings. The van der Waals surface area contributed by atoms with Gasteiger partial charge >= 0.3 is 0 Å². The highest BCUT2D eigenvalue weighted by Crippen LogP contribution is 2.30. The second kappa shape index (κ2) is 8.19. The molecule has 28 heavy (non-hydrogen) atoms. The monoisotopic (exact) mass is 377 g/mol.